The lowest BCUT2D eigenvalue weighted by Gasteiger charge is -2.38. The Morgan fingerprint density at radius 3 is 2.30 bits per heavy atom. The van der Waals surface area contributed by atoms with E-state index < -0.39 is 30.2 Å². The second-order valence-corrected chi connectivity index (χ2v) is 5.70. The number of likely N-dealkylation sites (tertiary alicyclic amines) is 1. The zero-order valence-corrected chi connectivity index (χ0v) is 12.8. The minimum absolute atomic E-state index is 0.182. The average molecular weight is 331 g/mol. The maximum absolute atomic E-state index is 12.6. The first-order valence-electron chi connectivity index (χ1n) is 7.46. The van der Waals surface area contributed by atoms with E-state index in [-0.39, 0.29) is 12.8 Å². The number of halogens is 3. The highest BCUT2D eigenvalue weighted by Gasteiger charge is 2.45. The number of rotatable bonds is 4. The van der Waals surface area contributed by atoms with Crippen molar-refractivity contribution in [2.45, 2.75) is 31.2 Å². The van der Waals surface area contributed by atoms with Gasteiger partial charge in [-0.3, -0.25) is 4.90 Å². The Morgan fingerprint density at radius 1 is 1.26 bits per heavy atom. The van der Waals surface area contributed by atoms with E-state index in [2.05, 4.69) is 0 Å². The van der Waals surface area contributed by atoms with Gasteiger partial charge in [-0.05, 0) is 37.4 Å². The van der Waals surface area contributed by atoms with Crippen molar-refractivity contribution in [3.63, 3.8) is 0 Å². The lowest BCUT2D eigenvalue weighted by molar-refractivity contribution is -0.223. The van der Waals surface area contributed by atoms with Crippen LogP contribution in [0, 0.1) is 5.92 Å². The monoisotopic (exact) mass is 331 g/mol. The number of esters is 1. The van der Waals surface area contributed by atoms with E-state index in [0.717, 1.165) is 5.56 Å². The summed E-state index contributed by atoms with van der Waals surface area (Å²) < 4.78 is 42.6. The Morgan fingerprint density at radius 2 is 1.83 bits per heavy atom. The molecule has 0 radical (unpaired) electrons. The van der Waals surface area contributed by atoms with Crippen LogP contribution in [-0.4, -0.2) is 48.5 Å². The number of hydrogen-bond donors (Lipinski definition) is 1. The van der Waals surface area contributed by atoms with Crippen LogP contribution in [0.1, 0.15) is 24.4 Å². The van der Waals surface area contributed by atoms with E-state index in [9.17, 15) is 23.1 Å². The molecule has 1 aliphatic rings. The van der Waals surface area contributed by atoms with Crippen molar-refractivity contribution >= 4 is 5.97 Å². The van der Waals surface area contributed by atoms with Gasteiger partial charge in [0.15, 0.2) is 6.10 Å². The number of benzene rings is 1. The zero-order valence-electron chi connectivity index (χ0n) is 12.8. The summed E-state index contributed by atoms with van der Waals surface area (Å²) >= 11 is 0. The van der Waals surface area contributed by atoms with Crippen LogP contribution >= 0.6 is 0 Å². The molecule has 2 unspecified atom stereocenters. The van der Waals surface area contributed by atoms with Crippen molar-refractivity contribution < 1.29 is 27.8 Å². The Bertz CT molecular complexity index is 513. The van der Waals surface area contributed by atoms with E-state index in [0.29, 0.717) is 13.1 Å². The Hall–Kier alpha value is -1.60. The molecule has 0 aromatic heterocycles. The average Bonchev–Trinajstić information content (AvgIpc) is 2.55. The van der Waals surface area contributed by atoms with Gasteiger partial charge in [0, 0.05) is 0 Å². The molecule has 128 valence electrons. The molecule has 1 fully saturated rings. The molecule has 0 amide bonds. The smallest absolute Gasteiger partial charge is 0.414 e. The number of hydrogen-bond acceptors (Lipinski definition) is 4. The fourth-order valence-electron chi connectivity index (χ4n) is 3.00. The van der Waals surface area contributed by atoms with Gasteiger partial charge in [-0.15, -0.1) is 0 Å². The van der Waals surface area contributed by atoms with Crippen LogP contribution in [0.3, 0.4) is 0 Å². The molecule has 1 saturated heterocycles. The van der Waals surface area contributed by atoms with Crippen LogP contribution in [0.4, 0.5) is 13.2 Å². The molecule has 0 saturated carbocycles. The number of carbonyl (C=O) groups is 1. The molecular formula is C16H20F3NO3. The van der Waals surface area contributed by atoms with Crippen molar-refractivity contribution in [2.24, 2.45) is 5.92 Å². The van der Waals surface area contributed by atoms with Gasteiger partial charge >= 0.3 is 12.1 Å². The van der Waals surface area contributed by atoms with Gasteiger partial charge in [0.25, 0.3) is 0 Å². The number of methoxy groups -OCH3 is 1. The van der Waals surface area contributed by atoms with Crippen molar-refractivity contribution in [3.8, 4) is 0 Å². The fraction of sp³-hybridized carbons (Fsp3) is 0.562. The molecule has 2 atom stereocenters. The number of aliphatic hydroxyl groups excluding tert-OH is 1. The quantitative estimate of drug-likeness (QED) is 0.862. The summed E-state index contributed by atoms with van der Waals surface area (Å²) in [5.74, 6) is -1.27. The molecule has 23 heavy (non-hydrogen) atoms. The normalized spacial score (nSPS) is 20.0. The molecular weight excluding hydrogens is 311 g/mol. The lowest BCUT2D eigenvalue weighted by Crippen LogP contribution is -2.45. The summed E-state index contributed by atoms with van der Waals surface area (Å²) in [6, 6.07) is 8.36. The molecule has 1 aliphatic heterocycles. The summed E-state index contributed by atoms with van der Waals surface area (Å²) in [4.78, 5) is 13.9. The molecule has 7 heteroatoms. The van der Waals surface area contributed by atoms with Gasteiger partial charge in [-0.1, -0.05) is 30.3 Å². The highest BCUT2D eigenvalue weighted by atomic mass is 19.4. The van der Waals surface area contributed by atoms with E-state index in [4.69, 9.17) is 4.74 Å². The van der Waals surface area contributed by atoms with Gasteiger partial charge < -0.3 is 9.84 Å². The van der Waals surface area contributed by atoms with Gasteiger partial charge in [0.1, 0.15) is 6.04 Å². The van der Waals surface area contributed by atoms with Gasteiger partial charge in [-0.25, -0.2) is 4.79 Å². The second kappa shape index (κ2) is 7.31. The predicted molar refractivity (Wildman–Crippen MR) is 77.6 cm³/mol. The first-order chi connectivity index (χ1) is 10.8. The Balaban J connectivity index is 2.08. The van der Waals surface area contributed by atoms with E-state index >= 15 is 0 Å². The van der Waals surface area contributed by atoms with Gasteiger partial charge in [0.2, 0.25) is 0 Å². The Kier molecular flexibility index (Phi) is 5.64. The highest BCUT2D eigenvalue weighted by Crippen LogP contribution is 2.34. The molecule has 1 aromatic carbocycles. The minimum Gasteiger partial charge on any atom is -0.468 e. The molecule has 1 heterocycles. The lowest BCUT2D eigenvalue weighted by atomic mass is 9.89. The number of nitrogens with zero attached hydrogens (tertiary/aromatic N) is 1. The fourth-order valence-corrected chi connectivity index (χ4v) is 3.00. The van der Waals surface area contributed by atoms with Crippen LogP contribution in [0.25, 0.3) is 0 Å². The van der Waals surface area contributed by atoms with Gasteiger partial charge in [-0.2, -0.15) is 13.2 Å². The maximum atomic E-state index is 12.6. The van der Waals surface area contributed by atoms with Crippen molar-refractivity contribution in [2.75, 3.05) is 20.2 Å². The van der Waals surface area contributed by atoms with E-state index in [1.165, 1.54) is 7.11 Å². The summed E-state index contributed by atoms with van der Waals surface area (Å²) in [7, 11) is 1.29. The molecule has 2 rings (SSSR count). The number of ether oxygens (including phenoxy) is 1. The standard InChI is InChI=1S/C16H20F3NO3/c1-23-15(22)13(11-5-3-2-4-6-11)20-9-7-12(8-10-20)14(21)16(17,18)19/h2-6,12-14,21H,7-10H2,1H3. The van der Waals surface area contributed by atoms with Gasteiger partial charge in [0.05, 0.1) is 7.11 Å². The summed E-state index contributed by atoms with van der Waals surface area (Å²) in [5.41, 5.74) is 0.745. The SMILES string of the molecule is COC(=O)C(c1ccccc1)N1CCC(C(O)C(F)(F)F)CC1. The molecule has 0 aliphatic carbocycles. The van der Waals surface area contributed by atoms with Crippen LogP contribution in [-0.2, 0) is 9.53 Å². The third-order valence-corrected chi connectivity index (χ3v) is 4.26. The molecule has 0 bridgehead atoms. The molecule has 1 aromatic rings. The number of alkyl halides is 3. The van der Waals surface area contributed by atoms with Crippen LogP contribution < -0.4 is 0 Å². The Labute approximate surface area is 132 Å². The predicted octanol–water partition coefficient (Wildman–Crippen LogP) is 2.54. The highest BCUT2D eigenvalue weighted by molar-refractivity contribution is 5.77. The molecule has 4 nitrogen and oxygen atoms in total. The third kappa shape index (κ3) is 4.23. The topological polar surface area (TPSA) is 49.8 Å². The number of carbonyl (C=O) groups excluding carboxylic acids is 1. The molecule has 1 N–H and O–H groups in total. The van der Waals surface area contributed by atoms with E-state index in [1.807, 2.05) is 6.07 Å². The maximum Gasteiger partial charge on any atom is 0.414 e. The number of aliphatic hydroxyl groups is 1. The summed E-state index contributed by atoms with van der Waals surface area (Å²) in [6.07, 6.45) is -6.55. The van der Waals surface area contributed by atoms with Crippen LogP contribution in [0.15, 0.2) is 30.3 Å². The van der Waals surface area contributed by atoms with Crippen LogP contribution in [0.2, 0.25) is 0 Å². The van der Waals surface area contributed by atoms with Crippen molar-refractivity contribution in [1.82, 2.24) is 4.90 Å². The van der Waals surface area contributed by atoms with Crippen molar-refractivity contribution in [3.05, 3.63) is 35.9 Å². The number of piperidine rings is 1. The third-order valence-electron chi connectivity index (χ3n) is 4.26. The van der Waals surface area contributed by atoms with Crippen molar-refractivity contribution in [1.29, 1.82) is 0 Å². The molecule has 0 spiro atoms. The largest absolute Gasteiger partial charge is 0.468 e. The summed E-state index contributed by atoms with van der Waals surface area (Å²) in [5, 5.41) is 9.37. The minimum atomic E-state index is -4.60. The van der Waals surface area contributed by atoms with Crippen LogP contribution in [0.5, 0.6) is 0 Å². The zero-order chi connectivity index (χ0) is 17.0. The second-order valence-electron chi connectivity index (χ2n) is 5.70. The first-order valence-corrected chi connectivity index (χ1v) is 7.46. The summed E-state index contributed by atoms with van der Waals surface area (Å²) in [6.45, 7) is 0.596. The van der Waals surface area contributed by atoms with E-state index in [1.54, 1.807) is 29.2 Å². The first kappa shape index (κ1) is 17.7.